The number of benzene rings is 4. The second-order valence-corrected chi connectivity index (χ2v) is 9.72. The second-order valence-electron chi connectivity index (χ2n) is 8.67. The van der Waals surface area contributed by atoms with Crippen LogP contribution in [-0.2, 0) is 5.41 Å². The zero-order chi connectivity index (χ0) is 19.3. The van der Waals surface area contributed by atoms with E-state index in [2.05, 4.69) is 91.6 Å². The van der Waals surface area contributed by atoms with Gasteiger partial charge in [0.2, 0.25) is 0 Å². The molecule has 2 aromatic heterocycles. The van der Waals surface area contributed by atoms with E-state index < -0.39 is 0 Å². The molecule has 1 nitrogen and oxygen atoms in total. The molecule has 29 heavy (non-hydrogen) atoms. The van der Waals surface area contributed by atoms with Crippen LogP contribution in [0.5, 0.6) is 0 Å². The number of aromatic amines is 1. The summed E-state index contributed by atoms with van der Waals surface area (Å²) < 4.78 is 2.80. The van der Waals surface area contributed by atoms with Gasteiger partial charge in [0.15, 0.2) is 0 Å². The third kappa shape index (κ3) is 1.81. The fraction of sp³-hybridized carbons (Fsp3) is 0.111. The Morgan fingerprint density at radius 1 is 0.724 bits per heavy atom. The predicted molar refractivity (Wildman–Crippen MR) is 126 cm³/mol. The molecule has 0 spiro atoms. The van der Waals surface area contributed by atoms with Crippen LogP contribution in [0.15, 0.2) is 72.8 Å². The van der Waals surface area contributed by atoms with Gasteiger partial charge in [0, 0.05) is 41.9 Å². The standard InChI is InChI=1S/C27H19NS/c1-27(2)20-9-5-3-7-15(20)17-11-12-19-23-22(29-26(19)24(17)27)14-13-18-16-8-4-6-10-21(16)28-25(18)23/h3-14,28H,1-2H3. The molecule has 0 atom stereocenters. The van der Waals surface area contributed by atoms with E-state index in [-0.39, 0.29) is 5.41 Å². The Morgan fingerprint density at radius 3 is 2.45 bits per heavy atom. The summed E-state index contributed by atoms with van der Waals surface area (Å²) in [5, 5.41) is 5.36. The van der Waals surface area contributed by atoms with Gasteiger partial charge in [-0.25, -0.2) is 0 Å². The first-order chi connectivity index (χ1) is 14.1. The molecule has 0 saturated carbocycles. The average Bonchev–Trinajstić information content (AvgIpc) is 3.36. The second kappa shape index (κ2) is 5.08. The van der Waals surface area contributed by atoms with Gasteiger partial charge < -0.3 is 4.98 Å². The van der Waals surface area contributed by atoms with E-state index in [1.807, 2.05) is 11.3 Å². The van der Waals surface area contributed by atoms with Crippen LogP contribution in [0.25, 0.3) is 53.1 Å². The Morgan fingerprint density at radius 2 is 1.52 bits per heavy atom. The summed E-state index contributed by atoms with van der Waals surface area (Å²) in [4.78, 5) is 3.71. The third-order valence-corrected chi connectivity index (χ3v) is 7.99. The zero-order valence-electron chi connectivity index (χ0n) is 16.3. The molecule has 0 aliphatic heterocycles. The Balaban J connectivity index is 1.67. The number of rotatable bonds is 0. The van der Waals surface area contributed by atoms with Gasteiger partial charge in [-0.2, -0.15) is 0 Å². The lowest BCUT2D eigenvalue weighted by atomic mass is 9.82. The van der Waals surface area contributed by atoms with Crippen LogP contribution in [-0.4, -0.2) is 4.98 Å². The summed E-state index contributed by atoms with van der Waals surface area (Å²) in [6, 6.07) is 26.8. The Labute approximate surface area is 172 Å². The lowest BCUT2D eigenvalue weighted by Crippen LogP contribution is -2.14. The van der Waals surface area contributed by atoms with Crippen LogP contribution >= 0.6 is 11.3 Å². The van der Waals surface area contributed by atoms with Gasteiger partial charge in [-0.3, -0.25) is 0 Å². The van der Waals surface area contributed by atoms with E-state index in [0.717, 1.165) is 0 Å². The number of aromatic nitrogens is 1. The fourth-order valence-electron chi connectivity index (χ4n) is 5.49. The number of hydrogen-bond acceptors (Lipinski definition) is 1. The van der Waals surface area contributed by atoms with Crippen LogP contribution in [0.1, 0.15) is 25.0 Å². The summed E-state index contributed by atoms with van der Waals surface area (Å²) >= 11 is 1.94. The van der Waals surface area contributed by atoms with Gasteiger partial charge in [-0.05, 0) is 34.4 Å². The largest absolute Gasteiger partial charge is 0.354 e. The molecular formula is C27H19NS. The maximum Gasteiger partial charge on any atom is 0.0559 e. The number of fused-ring (bicyclic) bond motifs is 11. The van der Waals surface area contributed by atoms with E-state index in [4.69, 9.17) is 0 Å². The normalized spacial score (nSPS) is 14.8. The van der Waals surface area contributed by atoms with Gasteiger partial charge in [0.05, 0.1) is 5.52 Å². The molecular weight excluding hydrogens is 370 g/mol. The summed E-state index contributed by atoms with van der Waals surface area (Å²) in [6.07, 6.45) is 0. The van der Waals surface area contributed by atoms with Crippen molar-refractivity contribution >= 4 is 53.3 Å². The summed E-state index contributed by atoms with van der Waals surface area (Å²) in [7, 11) is 0. The zero-order valence-corrected chi connectivity index (χ0v) is 17.2. The molecule has 0 amide bonds. The summed E-state index contributed by atoms with van der Waals surface area (Å²) in [6.45, 7) is 4.75. The minimum atomic E-state index is 0.0197. The molecule has 4 aromatic carbocycles. The predicted octanol–water partition coefficient (Wildman–Crippen LogP) is 8.00. The lowest BCUT2D eigenvalue weighted by Gasteiger charge is -2.22. The van der Waals surface area contributed by atoms with Gasteiger partial charge in [-0.1, -0.05) is 74.5 Å². The molecule has 1 N–H and O–H groups in total. The molecule has 0 bridgehead atoms. The van der Waals surface area contributed by atoms with Gasteiger partial charge in [0.25, 0.3) is 0 Å². The Kier molecular flexibility index (Phi) is 2.77. The maximum atomic E-state index is 3.71. The minimum Gasteiger partial charge on any atom is -0.354 e. The molecule has 0 radical (unpaired) electrons. The van der Waals surface area contributed by atoms with Crippen molar-refractivity contribution in [1.29, 1.82) is 0 Å². The highest BCUT2D eigenvalue weighted by atomic mass is 32.1. The molecule has 6 aromatic rings. The highest BCUT2D eigenvalue weighted by Gasteiger charge is 2.37. The molecule has 0 fully saturated rings. The first-order valence-corrected chi connectivity index (χ1v) is 11.0. The summed E-state index contributed by atoms with van der Waals surface area (Å²) in [5.74, 6) is 0. The van der Waals surface area contributed by atoms with E-state index in [0.29, 0.717) is 0 Å². The van der Waals surface area contributed by atoms with E-state index in [1.165, 1.54) is 64.2 Å². The number of nitrogens with one attached hydrogen (secondary N) is 1. The molecule has 1 aliphatic rings. The smallest absolute Gasteiger partial charge is 0.0559 e. The molecule has 2 heteroatoms. The molecule has 0 unspecified atom stereocenters. The quantitative estimate of drug-likeness (QED) is 0.271. The summed E-state index contributed by atoms with van der Waals surface area (Å²) in [5.41, 5.74) is 8.22. The Hall–Kier alpha value is -3.10. The first kappa shape index (κ1) is 15.8. The van der Waals surface area contributed by atoms with E-state index >= 15 is 0 Å². The SMILES string of the molecule is CC1(C)c2ccccc2-c2ccc3c(sc4ccc5c6ccccc6[nH]c5c43)c21. The van der Waals surface area contributed by atoms with Crippen LogP contribution in [0.2, 0.25) is 0 Å². The first-order valence-electron chi connectivity index (χ1n) is 10.1. The van der Waals surface area contributed by atoms with Crippen molar-refractivity contribution in [2.24, 2.45) is 0 Å². The van der Waals surface area contributed by atoms with Crippen molar-refractivity contribution in [2.75, 3.05) is 0 Å². The van der Waals surface area contributed by atoms with Crippen molar-refractivity contribution in [3.8, 4) is 11.1 Å². The van der Waals surface area contributed by atoms with Gasteiger partial charge >= 0.3 is 0 Å². The Bertz CT molecular complexity index is 1630. The molecule has 0 saturated heterocycles. The fourth-order valence-corrected chi connectivity index (χ4v) is 6.91. The average molecular weight is 390 g/mol. The van der Waals surface area contributed by atoms with Crippen LogP contribution in [0, 0.1) is 0 Å². The van der Waals surface area contributed by atoms with E-state index in [9.17, 15) is 0 Å². The lowest BCUT2D eigenvalue weighted by molar-refractivity contribution is 0.667. The van der Waals surface area contributed by atoms with Crippen LogP contribution < -0.4 is 0 Å². The highest BCUT2D eigenvalue weighted by molar-refractivity contribution is 7.26. The third-order valence-electron chi connectivity index (χ3n) is 6.80. The number of thiophene rings is 1. The van der Waals surface area contributed by atoms with Crippen molar-refractivity contribution < 1.29 is 0 Å². The van der Waals surface area contributed by atoms with Crippen LogP contribution in [0.4, 0.5) is 0 Å². The van der Waals surface area contributed by atoms with Gasteiger partial charge in [-0.15, -0.1) is 11.3 Å². The van der Waals surface area contributed by atoms with Crippen molar-refractivity contribution in [3.63, 3.8) is 0 Å². The number of hydrogen-bond donors (Lipinski definition) is 1. The van der Waals surface area contributed by atoms with Crippen molar-refractivity contribution in [1.82, 2.24) is 4.98 Å². The van der Waals surface area contributed by atoms with E-state index in [1.54, 1.807) is 0 Å². The van der Waals surface area contributed by atoms with Crippen LogP contribution in [0.3, 0.4) is 0 Å². The number of para-hydroxylation sites is 1. The number of H-pyrrole nitrogens is 1. The monoisotopic (exact) mass is 389 g/mol. The maximum absolute atomic E-state index is 3.71. The molecule has 2 heterocycles. The molecule has 7 rings (SSSR count). The topological polar surface area (TPSA) is 15.8 Å². The molecule has 138 valence electrons. The van der Waals surface area contributed by atoms with Crippen molar-refractivity contribution in [3.05, 3.63) is 83.9 Å². The highest BCUT2D eigenvalue weighted by Crippen LogP contribution is 2.54. The molecule has 1 aliphatic carbocycles. The van der Waals surface area contributed by atoms with Crippen molar-refractivity contribution in [2.45, 2.75) is 19.3 Å². The minimum absolute atomic E-state index is 0.0197. The van der Waals surface area contributed by atoms with Gasteiger partial charge in [0.1, 0.15) is 0 Å².